The summed E-state index contributed by atoms with van der Waals surface area (Å²) in [5.74, 6) is -0.785. The molecule has 0 aromatic heterocycles. The normalized spacial score (nSPS) is 12.0. The molecule has 0 saturated carbocycles. The van der Waals surface area contributed by atoms with E-state index >= 15 is 0 Å². The molecule has 5 nitrogen and oxygen atoms in total. The van der Waals surface area contributed by atoms with Crippen LogP contribution in [0, 0.1) is 0 Å². The molecule has 5 heteroatoms. The molecule has 0 fully saturated rings. The number of likely N-dealkylation sites (N-methyl/N-ethyl adjacent to an activating group) is 1. The summed E-state index contributed by atoms with van der Waals surface area (Å²) in [6.07, 6.45) is 3.52. The van der Waals surface area contributed by atoms with Gasteiger partial charge in [0, 0.05) is 6.08 Å². The summed E-state index contributed by atoms with van der Waals surface area (Å²) in [6, 6.07) is 25.6. The molecule has 0 aliphatic rings. The number of esters is 1. The van der Waals surface area contributed by atoms with E-state index in [0.29, 0.717) is 5.75 Å². The summed E-state index contributed by atoms with van der Waals surface area (Å²) in [7, 11) is 3.64. The Labute approximate surface area is 200 Å². The highest BCUT2D eigenvalue weighted by molar-refractivity contribution is 5.98. The van der Waals surface area contributed by atoms with Gasteiger partial charge in [0.05, 0.1) is 6.54 Å². The number of hydrogen-bond donors (Lipinski definition) is 1. The third-order valence-corrected chi connectivity index (χ3v) is 5.22. The highest BCUT2D eigenvalue weighted by atomic mass is 16.5. The van der Waals surface area contributed by atoms with Crippen molar-refractivity contribution in [1.82, 2.24) is 4.90 Å². The Morgan fingerprint density at radius 1 is 0.853 bits per heavy atom. The van der Waals surface area contributed by atoms with Crippen LogP contribution in [-0.4, -0.2) is 42.6 Å². The van der Waals surface area contributed by atoms with Crippen LogP contribution in [0.2, 0.25) is 0 Å². The Hall–Kier alpha value is -3.96. The topological polar surface area (TPSA) is 66.8 Å². The molecule has 0 unspecified atom stereocenters. The van der Waals surface area contributed by atoms with Crippen LogP contribution in [0.4, 0.5) is 0 Å². The van der Waals surface area contributed by atoms with Crippen molar-refractivity contribution in [2.24, 2.45) is 0 Å². The molecule has 3 rings (SSSR count). The van der Waals surface area contributed by atoms with Gasteiger partial charge < -0.3 is 9.84 Å². The molecule has 0 saturated heterocycles. The number of benzene rings is 3. The zero-order valence-electron chi connectivity index (χ0n) is 19.7. The summed E-state index contributed by atoms with van der Waals surface area (Å²) in [4.78, 5) is 24.6. The number of rotatable bonds is 9. The van der Waals surface area contributed by atoms with Crippen molar-refractivity contribution >= 4 is 29.2 Å². The minimum Gasteiger partial charge on any atom is -0.478 e. The number of nitrogens with zero attached hydrogens (tertiary/aromatic N) is 1. The Balaban J connectivity index is 2.03. The predicted molar refractivity (Wildman–Crippen MR) is 136 cm³/mol. The number of carbonyl (C=O) groups is 2. The first-order chi connectivity index (χ1) is 16.4. The minimum absolute atomic E-state index is 0.212. The van der Waals surface area contributed by atoms with E-state index in [2.05, 4.69) is 19.1 Å². The van der Waals surface area contributed by atoms with Crippen LogP contribution in [0.15, 0.2) is 84.9 Å². The molecule has 174 valence electrons. The Morgan fingerprint density at radius 3 is 1.97 bits per heavy atom. The fourth-order valence-electron chi connectivity index (χ4n) is 3.72. The third kappa shape index (κ3) is 6.77. The van der Waals surface area contributed by atoms with Crippen molar-refractivity contribution in [3.05, 3.63) is 107 Å². The van der Waals surface area contributed by atoms with Crippen molar-refractivity contribution < 1.29 is 19.4 Å². The SMILES string of the molecule is CC/C(=C(/c1ccc(/C=C/C(=O)O)cc1)c1ccc(OC(=O)CN(C)C)cc1)c1ccccc1. The number of ether oxygens (including phenoxy) is 1. The molecule has 3 aromatic rings. The summed E-state index contributed by atoms with van der Waals surface area (Å²) < 4.78 is 5.45. The standard InChI is InChI=1S/C29H29NO4/c1-4-26(22-8-6-5-7-9-22)29(23-13-10-21(11-14-23)12-19-27(31)32)24-15-17-25(18-16-24)34-28(33)20-30(2)3/h5-19H,4,20H2,1-3H3,(H,31,32)/b19-12+,29-26+. The van der Waals surface area contributed by atoms with Gasteiger partial charge in [-0.2, -0.15) is 0 Å². The zero-order chi connectivity index (χ0) is 24.5. The summed E-state index contributed by atoms with van der Waals surface area (Å²) >= 11 is 0. The van der Waals surface area contributed by atoms with Gasteiger partial charge in [0.2, 0.25) is 0 Å². The zero-order valence-corrected chi connectivity index (χ0v) is 19.7. The second kappa shape index (κ2) is 11.8. The molecule has 0 aliphatic heterocycles. The van der Waals surface area contributed by atoms with Crippen molar-refractivity contribution in [2.75, 3.05) is 20.6 Å². The Morgan fingerprint density at radius 2 is 1.44 bits per heavy atom. The van der Waals surface area contributed by atoms with Gasteiger partial charge >= 0.3 is 11.9 Å². The molecule has 0 spiro atoms. The molecule has 0 atom stereocenters. The molecular formula is C29H29NO4. The molecule has 0 radical (unpaired) electrons. The first-order valence-electron chi connectivity index (χ1n) is 11.1. The monoisotopic (exact) mass is 455 g/mol. The van der Waals surface area contributed by atoms with Crippen LogP contribution < -0.4 is 4.74 Å². The number of allylic oxidation sites excluding steroid dienone is 1. The molecule has 3 aromatic carbocycles. The maximum Gasteiger partial charge on any atom is 0.328 e. The molecule has 34 heavy (non-hydrogen) atoms. The van der Waals surface area contributed by atoms with E-state index in [1.54, 1.807) is 11.0 Å². The second-order valence-corrected chi connectivity index (χ2v) is 8.10. The van der Waals surface area contributed by atoms with E-state index in [9.17, 15) is 9.59 Å². The molecule has 0 heterocycles. The number of aliphatic carboxylic acids is 1. The van der Waals surface area contributed by atoms with Gasteiger partial charge in [-0.15, -0.1) is 0 Å². The van der Waals surface area contributed by atoms with Crippen molar-refractivity contribution in [3.63, 3.8) is 0 Å². The van der Waals surface area contributed by atoms with Crippen molar-refractivity contribution in [2.45, 2.75) is 13.3 Å². The van der Waals surface area contributed by atoms with E-state index in [1.165, 1.54) is 5.57 Å². The van der Waals surface area contributed by atoms with Gasteiger partial charge in [0.25, 0.3) is 0 Å². The van der Waals surface area contributed by atoms with Crippen molar-refractivity contribution in [1.29, 1.82) is 0 Å². The van der Waals surface area contributed by atoms with E-state index in [1.807, 2.05) is 80.8 Å². The second-order valence-electron chi connectivity index (χ2n) is 8.10. The smallest absolute Gasteiger partial charge is 0.328 e. The lowest BCUT2D eigenvalue weighted by Crippen LogP contribution is -2.25. The molecule has 0 aliphatic carbocycles. The van der Waals surface area contributed by atoms with Crippen LogP contribution in [0.25, 0.3) is 17.2 Å². The van der Waals surface area contributed by atoms with Crippen molar-refractivity contribution in [3.8, 4) is 5.75 Å². The maximum atomic E-state index is 12.0. The van der Waals surface area contributed by atoms with Crippen LogP contribution in [-0.2, 0) is 9.59 Å². The number of carboxylic acid groups (broad SMARTS) is 1. The largest absolute Gasteiger partial charge is 0.478 e. The van der Waals surface area contributed by atoms with Gasteiger partial charge in [0.1, 0.15) is 5.75 Å². The molecule has 0 bridgehead atoms. The fourth-order valence-corrected chi connectivity index (χ4v) is 3.72. The Bertz CT molecular complexity index is 1180. The van der Waals surface area contributed by atoms with E-state index < -0.39 is 5.97 Å². The lowest BCUT2D eigenvalue weighted by molar-refractivity contribution is -0.135. The van der Waals surface area contributed by atoms with Crippen LogP contribution in [0.5, 0.6) is 5.75 Å². The summed E-state index contributed by atoms with van der Waals surface area (Å²) in [5, 5.41) is 8.89. The van der Waals surface area contributed by atoms with Gasteiger partial charge in [-0.3, -0.25) is 9.69 Å². The first kappa shape index (κ1) is 24.7. The maximum absolute atomic E-state index is 12.0. The third-order valence-electron chi connectivity index (χ3n) is 5.22. The highest BCUT2D eigenvalue weighted by Crippen LogP contribution is 2.35. The van der Waals surface area contributed by atoms with Crippen LogP contribution in [0.3, 0.4) is 0 Å². The fraction of sp³-hybridized carbons (Fsp3) is 0.172. The summed E-state index contributed by atoms with van der Waals surface area (Å²) in [5.41, 5.74) is 6.23. The molecular weight excluding hydrogens is 426 g/mol. The first-order valence-corrected chi connectivity index (χ1v) is 11.1. The van der Waals surface area contributed by atoms with E-state index in [-0.39, 0.29) is 12.5 Å². The number of hydrogen-bond acceptors (Lipinski definition) is 4. The van der Waals surface area contributed by atoms with Crippen LogP contribution >= 0.6 is 0 Å². The summed E-state index contributed by atoms with van der Waals surface area (Å²) in [6.45, 7) is 2.34. The van der Waals surface area contributed by atoms with Gasteiger partial charge in [-0.25, -0.2) is 4.79 Å². The lowest BCUT2D eigenvalue weighted by atomic mass is 9.88. The van der Waals surface area contributed by atoms with E-state index in [0.717, 1.165) is 40.3 Å². The lowest BCUT2D eigenvalue weighted by Gasteiger charge is -2.17. The van der Waals surface area contributed by atoms with Gasteiger partial charge in [0.15, 0.2) is 0 Å². The number of carbonyl (C=O) groups excluding carboxylic acids is 1. The number of carboxylic acids is 1. The van der Waals surface area contributed by atoms with Crippen LogP contribution in [0.1, 0.15) is 35.6 Å². The molecule has 1 N–H and O–H groups in total. The predicted octanol–water partition coefficient (Wildman–Crippen LogP) is 5.62. The average molecular weight is 456 g/mol. The van der Waals surface area contributed by atoms with Gasteiger partial charge in [-0.05, 0) is 72.1 Å². The average Bonchev–Trinajstić information content (AvgIpc) is 2.82. The quantitative estimate of drug-likeness (QED) is 0.196. The Kier molecular flexibility index (Phi) is 8.54. The highest BCUT2D eigenvalue weighted by Gasteiger charge is 2.14. The van der Waals surface area contributed by atoms with E-state index in [4.69, 9.17) is 9.84 Å². The van der Waals surface area contributed by atoms with Gasteiger partial charge in [-0.1, -0.05) is 73.7 Å². The molecule has 0 amide bonds. The minimum atomic E-state index is -0.978.